The molecule has 0 radical (unpaired) electrons. The third-order valence-electron chi connectivity index (χ3n) is 3.92. The molecule has 28 heavy (non-hydrogen) atoms. The van der Waals surface area contributed by atoms with E-state index < -0.39 is 10.1 Å². The molecule has 0 fully saturated rings. The van der Waals surface area contributed by atoms with Crippen LogP contribution in [0.2, 0.25) is 0 Å². The Balaban J connectivity index is 1.77. The van der Waals surface area contributed by atoms with Gasteiger partial charge in [0, 0.05) is 17.8 Å². The van der Waals surface area contributed by atoms with Crippen molar-refractivity contribution in [2.75, 3.05) is 10.6 Å². The Morgan fingerprint density at radius 2 is 1.68 bits per heavy atom. The third kappa shape index (κ3) is 5.24. The number of nitrogens with zero attached hydrogens (tertiary/aromatic N) is 3. The molecule has 0 aliphatic carbocycles. The van der Waals surface area contributed by atoms with Gasteiger partial charge in [0.25, 0.3) is 10.1 Å². The summed E-state index contributed by atoms with van der Waals surface area (Å²) in [4.78, 5) is 13.0. The number of aromatic nitrogens is 3. The maximum absolute atomic E-state index is 11.1. The van der Waals surface area contributed by atoms with Gasteiger partial charge in [0.15, 0.2) is 5.82 Å². The predicted molar refractivity (Wildman–Crippen MR) is 107 cm³/mol. The van der Waals surface area contributed by atoms with E-state index in [0.29, 0.717) is 36.3 Å². The normalized spacial score (nSPS) is 11.2. The molecule has 0 saturated heterocycles. The number of hydrogen-bond donors (Lipinski definition) is 3. The lowest BCUT2D eigenvalue weighted by molar-refractivity contribution is 0.483. The zero-order chi connectivity index (χ0) is 20.1. The third-order valence-corrected chi connectivity index (χ3v) is 4.79. The molecule has 0 amide bonds. The topological polar surface area (TPSA) is 117 Å². The molecule has 0 aliphatic heterocycles. The first-order valence-corrected chi connectivity index (χ1v) is 10.2. The van der Waals surface area contributed by atoms with Crippen molar-refractivity contribution in [1.82, 2.24) is 15.0 Å². The second-order valence-electron chi connectivity index (χ2n) is 6.19. The maximum Gasteiger partial charge on any atom is 0.294 e. The van der Waals surface area contributed by atoms with Crippen molar-refractivity contribution in [3.8, 4) is 0 Å². The molecule has 3 N–H and O–H groups in total. The molecule has 0 bridgehead atoms. The van der Waals surface area contributed by atoms with Crippen LogP contribution >= 0.6 is 0 Å². The highest BCUT2D eigenvalue weighted by molar-refractivity contribution is 7.85. The number of aryl methyl sites for hydroxylation is 2. The van der Waals surface area contributed by atoms with E-state index in [0.717, 1.165) is 11.3 Å². The van der Waals surface area contributed by atoms with Crippen LogP contribution in [-0.4, -0.2) is 27.9 Å². The van der Waals surface area contributed by atoms with Crippen molar-refractivity contribution in [3.05, 3.63) is 65.7 Å². The molecule has 1 aromatic heterocycles. The molecular formula is C19H21N5O3S. The van der Waals surface area contributed by atoms with Gasteiger partial charge in [0.05, 0.1) is 11.4 Å². The summed E-state index contributed by atoms with van der Waals surface area (Å²) >= 11 is 0. The van der Waals surface area contributed by atoms with Crippen LogP contribution in [0, 0.1) is 6.92 Å². The van der Waals surface area contributed by atoms with Crippen molar-refractivity contribution < 1.29 is 13.0 Å². The summed E-state index contributed by atoms with van der Waals surface area (Å²) in [5.74, 6) is 1.60. The van der Waals surface area contributed by atoms with E-state index in [1.54, 1.807) is 0 Å². The van der Waals surface area contributed by atoms with Crippen molar-refractivity contribution >= 4 is 27.4 Å². The Hall–Kier alpha value is -3.04. The molecule has 9 heteroatoms. The van der Waals surface area contributed by atoms with Gasteiger partial charge in [-0.25, -0.2) is 4.98 Å². The van der Waals surface area contributed by atoms with Gasteiger partial charge in [-0.05, 0) is 48.9 Å². The number of benzene rings is 2. The summed E-state index contributed by atoms with van der Waals surface area (Å²) < 4.78 is 31.3. The van der Waals surface area contributed by atoms with Gasteiger partial charge in [-0.1, -0.05) is 19.1 Å². The highest BCUT2D eigenvalue weighted by Crippen LogP contribution is 2.17. The number of nitrogens with one attached hydrogen (secondary N) is 2. The highest BCUT2D eigenvalue weighted by atomic mass is 32.2. The largest absolute Gasteiger partial charge is 0.378 e. The van der Waals surface area contributed by atoms with E-state index in [2.05, 4.69) is 25.6 Å². The van der Waals surface area contributed by atoms with Gasteiger partial charge in [0.1, 0.15) is 5.82 Å². The van der Waals surface area contributed by atoms with E-state index in [1.165, 1.54) is 24.3 Å². The molecule has 2 aromatic carbocycles. The second-order valence-corrected chi connectivity index (χ2v) is 7.61. The molecule has 3 rings (SSSR count). The van der Waals surface area contributed by atoms with Crippen LogP contribution in [0.25, 0.3) is 0 Å². The fraction of sp³-hybridized carbons (Fsp3) is 0.211. The summed E-state index contributed by atoms with van der Waals surface area (Å²) in [7, 11) is -4.22. The Bertz CT molecular complexity index is 1070. The van der Waals surface area contributed by atoms with E-state index in [1.807, 2.05) is 38.1 Å². The first-order chi connectivity index (χ1) is 13.3. The summed E-state index contributed by atoms with van der Waals surface area (Å²) in [5.41, 5.74) is 2.73. The van der Waals surface area contributed by atoms with Crippen LogP contribution in [0.1, 0.15) is 24.1 Å². The Morgan fingerprint density at radius 1 is 0.964 bits per heavy atom. The second kappa shape index (κ2) is 8.32. The van der Waals surface area contributed by atoms with E-state index in [9.17, 15) is 8.42 Å². The first kappa shape index (κ1) is 19.7. The lowest BCUT2D eigenvalue weighted by Gasteiger charge is -2.10. The molecule has 8 nitrogen and oxygen atoms in total. The lowest BCUT2D eigenvalue weighted by atomic mass is 10.2. The number of anilines is 3. The van der Waals surface area contributed by atoms with Gasteiger partial charge in [-0.15, -0.1) is 0 Å². The number of hydrogen-bond acceptors (Lipinski definition) is 7. The van der Waals surface area contributed by atoms with Gasteiger partial charge < -0.3 is 10.6 Å². The minimum Gasteiger partial charge on any atom is -0.378 e. The van der Waals surface area contributed by atoms with Gasteiger partial charge in [-0.3, -0.25) is 4.55 Å². The maximum atomic E-state index is 11.1. The standard InChI is InChI=1S/C19H21N5O3S/c1-3-17-22-18(12-20-15-6-4-5-13(2)11-15)24-19(23-17)21-14-7-9-16(10-8-14)28(25,26)27/h4-11,20H,3,12H2,1-2H3,(H,25,26,27)(H,21,22,23,24). The van der Waals surface area contributed by atoms with E-state index in [4.69, 9.17) is 4.55 Å². The molecule has 3 aromatic rings. The number of rotatable bonds is 7. The van der Waals surface area contributed by atoms with Crippen LogP contribution in [0.15, 0.2) is 53.4 Å². The Kier molecular flexibility index (Phi) is 5.86. The average molecular weight is 399 g/mol. The average Bonchev–Trinajstić information content (AvgIpc) is 2.66. The van der Waals surface area contributed by atoms with Crippen molar-refractivity contribution in [2.24, 2.45) is 0 Å². The molecule has 0 aliphatic rings. The lowest BCUT2D eigenvalue weighted by Crippen LogP contribution is -2.10. The molecule has 1 heterocycles. The molecule has 0 unspecified atom stereocenters. The van der Waals surface area contributed by atoms with Crippen molar-refractivity contribution in [2.45, 2.75) is 31.7 Å². The Morgan fingerprint density at radius 3 is 2.32 bits per heavy atom. The summed E-state index contributed by atoms with van der Waals surface area (Å²) in [6, 6.07) is 13.7. The van der Waals surface area contributed by atoms with Gasteiger partial charge in [-0.2, -0.15) is 18.4 Å². The van der Waals surface area contributed by atoms with Crippen molar-refractivity contribution in [1.29, 1.82) is 0 Å². The summed E-state index contributed by atoms with van der Waals surface area (Å²) in [6.07, 6.45) is 0.649. The van der Waals surface area contributed by atoms with Gasteiger partial charge in [0.2, 0.25) is 5.95 Å². The van der Waals surface area contributed by atoms with Crippen LogP contribution in [0.3, 0.4) is 0 Å². The fourth-order valence-corrected chi connectivity index (χ4v) is 3.02. The van der Waals surface area contributed by atoms with Gasteiger partial charge >= 0.3 is 0 Å². The SMILES string of the molecule is CCc1nc(CNc2cccc(C)c2)nc(Nc2ccc(S(=O)(=O)O)cc2)n1. The monoisotopic (exact) mass is 399 g/mol. The first-order valence-electron chi connectivity index (χ1n) is 8.72. The molecule has 146 valence electrons. The summed E-state index contributed by atoms with van der Waals surface area (Å²) in [5, 5.41) is 6.33. The minimum absolute atomic E-state index is 0.175. The molecular weight excluding hydrogens is 378 g/mol. The highest BCUT2D eigenvalue weighted by Gasteiger charge is 2.10. The molecule has 0 spiro atoms. The zero-order valence-electron chi connectivity index (χ0n) is 15.5. The fourth-order valence-electron chi connectivity index (χ4n) is 2.54. The van der Waals surface area contributed by atoms with E-state index >= 15 is 0 Å². The molecule has 0 atom stereocenters. The zero-order valence-corrected chi connectivity index (χ0v) is 16.4. The smallest absolute Gasteiger partial charge is 0.294 e. The predicted octanol–water partition coefficient (Wildman–Crippen LogP) is 3.34. The van der Waals surface area contributed by atoms with Crippen LogP contribution < -0.4 is 10.6 Å². The minimum atomic E-state index is -4.22. The van der Waals surface area contributed by atoms with Crippen LogP contribution in [0.5, 0.6) is 0 Å². The van der Waals surface area contributed by atoms with Crippen LogP contribution in [-0.2, 0) is 23.1 Å². The van der Waals surface area contributed by atoms with E-state index in [-0.39, 0.29) is 4.90 Å². The summed E-state index contributed by atoms with van der Waals surface area (Å²) in [6.45, 7) is 4.42. The van der Waals surface area contributed by atoms with Crippen LogP contribution in [0.4, 0.5) is 17.3 Å². The Labute approximate surface area is 163 Å². The molecule has 0 saturated carbocycles. The van der Waals surface area contributed by atoms with Crippen molar-refractivity contribution in [3.63, 3.8) is 0 Å². The quantitative estimate of drug-likeness (QED) is 0.518.